The predicted octanol–water partition coefficient (Wildman–Crippen LogP) is 14.0. The number of hydrogen-bond donors (Lipinski definition) is 0. The van der Waals surface area contributed by atoms with Gasteiger partial charge in [0.1, 0.15) is 0 Å². The highest BCUT2D eigenvalue weighted by Crippen LogP contribution is 2.36. The normalized spacial score (nSPS) is 9.55. The molecule has 0 atom stereocenters. The van der Waals surface area contributed by atoms with Crippen LogP contribution in [0.25, 0.3) is 21.5 Å². The Bertz CT molecular complexity index is 1390. The molecule has 0 aliphatic heterocycles. The molecule has 0 saturated carbocycles. The summed E-state index contributed by atoms with van der Waals surface area (Å²) in [4.78, 5) is 0. The van der Waals surface area contributed by atoms with Crippen molar-refractivity contribution in [3.05, 3.63) is 109 Å². The molecule has 0 aromatic heterocycles. The Labute approximate surface area is 242 Å². The van der Waals surface area contributed by atoms with Crippen LogP contribution in [0.4, 0.5) is 22.7 Å². The van der Waals surface area contributed by atoms with Gasteiger partial charge in [0.05, 0.1) is 22.7 Å². The molecule has 0 radical (unpaired) electrons. The van der Waals surface area contributed by atoms with Crippen LogP contribution in [-0.4, -0.2) is 0 Å². The fourth-order valence-electron chi connectivity index (χ4n) is 3.45. The number of rotatable bonds is 4. The van der Waals surface area contributed by atoms with Crippen LogP contribution in [0.2, 0.25) is 0 Å². The van der Waals surface area contributed by atoms with Gasteiger partial charge in [-0.15, -0.1) is 15.3 Å². The van der Waals surface area contributed by atoms with E-state index in [1.54, 1.807) is 0 Å². The average molecular weight is 537 g/mol. The van der Waals surface area contributed by atoms with E-state index in [-0.39, 0.29) is 0 Å². The van der Waals surface area contributed by atoms with Gasteiger partial charge in [-0.3, -0.25) is 0 Å². The molecule has 40 heavy (non-hydrogen) atoms. The number of benzene rings is 5. The minimum Gasteiger partial charge on any atom is -0.151 e. The van der Waals surface area contributed by atoms with Gasteiger partial charge < -0.3 is 0 Å². The fraction of sp³-hybridized carbons (Fsp3) is 0.278. The number of fused-ring (bicyclic) bond motifs is 2. The van der Waals surface area contributed by atoms with Crippen molar-refractivity contribution in [3.8, 4) is 0 Å². The summed E-state index contributed by atoms with van der Waals surface area (Å²) in [5.41, 5.74) is 3.28. The van der Waals surface area contributed by atoms with Gasteiger partial charge >= 0.3 is 0 Å². The smallest absolute Gasteiger partial charge is 0.0936 e. The number of hydrogen-bond acceptors (Lipinski definition) is 4. The molecule has 0 aliphatic rings. The molecular formula is C36H48N4. The van der Waals surface area contributed by atoms with Gasteiger partial charge in [-0.05, 0) is 35.7 Å². The van der Waals surface area contributed by atoms with E-state index in [4.69, 9.17) is 0 Å². The molecule has 0 spiro atoms. The standard InChI is InChI=1S/C26H18N4.5C2H6/c1-2-11-20(12-3-1)27-28-25-17-18-26(23-15-7-6-14-22(23)25)30-29-24-16-8-10-19-9-4-5-13-21(19)24;5*1-2/h1-18H;5*1-2H3. The molecule has 212 valence electrons. The Morgan fingerprint density at radius 2 is 0.675 bits per heavy atom. The second kappa shape index (κ2) is 22.8. The van der Waals surface area contributed by atoms with Gasteiger partial charge in [0.2, 0.25) is 0 Å². The van der Waals surface area contributed by atoms with Crippen LogP contribution >= 0.6 is 0 Å². The summed E-state index contributed by atoms with van der Waals surface area (Å²) in [5, 5.41) is 22.1. The van der Waals surface area contributed by atoms with Crippen LogP contribution in [0.15, 0.2) is 130 Å². The lowest BCUT2D eigenvalue weighted by Crippen LogP contribution is -1.76. The van der Waals surface area contributed by atoms with Crippen molar-refractivity contribution < 1.29 is 0 Å². The summed E-state index contributed by atoms with van der Waals surface area (Å²) in [7, 11) is 0. The largest absolute Gasteiger partial charge is 0.151 e. The average Bonchev–Trinajstić information content (AvgIpc) is 3.08. The summed E-state index contributed by atoms with van der Waals surface area (Å²) in [6.45, 7) is 20.0. The number of azo groups is 2. The van der Waals surface area contributed by atoms with Gasteiger partial charge in [0.15, 0.2) is 0 Å². The van der Waals surface area contributed by atoms with E-state index in [9.17, 15) is 0 Å². The molecule has 0 aliphatic carbocycles. The molecular weight excluding hydrogens is 488 g/mol. The lowest BCUT2D eigenvalue weighted by molar-refractivity contribution is 1.23. The molecule has 4 heteroatoms. The van der Waals surface area contributed by atoms with E-state index >= 15 is 0 Å². The third-order valence-electron chi connectivity index (χ3n) is 4.94. The van der Waals surface area contributed by atoms with Gasteiger partial charge in [0.25, 0.3) is 0 Å². The zero-order valence-corrected chi connectivity index (χ0v) is 26.2. The van der Waals surface area contributed by atoms with Gasteiger partial charge in [-0.1, -0.05) is 148 Å². The number of nitrogens with zero attached hydrogens (tertiary/aromatic N) is 4. The Hall–Kier alpha value is -4.18. The van der Waals surface area contributed by atoms with Crippen LogP contribution in [-0.2, 0) is 0 Å². The Morgan fingerprint density at radius 1 is 0.300 bits per heavy atom. The molecule has 5 aromatic rings. The van der Waals surface area contributed by atoms with E-state index in [1.807, 2.05) is 160 Å². The summed E-state index contributed by atoms with van der Waals surface area (Å²) in [6.07, 6.45) is 0. The Kier molecular flexibility index (Phi) is 20.4. The van der Waals surface area contributed by atoms with Crippen LogP contribution in [0.5, 0.6) is 0 Å². The van der Waals surface area contributed by atoms with Crippen LogP contribution in [0, 0.1) is 0 Å². The van der Waals surface area contributed by atoms with Crippen molar-refractivity contribution in [1.29, 1.82) is 0 Å². The van der Waals surface area contributed by atoms with Crippen molar-refractivity contribution >= 4 is 44.3 Å². The minimum absolute atomic E-state index is 0.803. The molecule has 0 unspecified atom stereocenters. The molecule has 0 fully saturated rings. The first-order valence-corrected chi connectivity index (χ1v) is 14.8. The summed E-state index contributed by atoms with van der Waals surface area (Å²) in [5.74, 6) is 0. The first-order valence-electron chi connectivity index (χ1n) is 14.8. The Balaban J connectivity index is 0.00000138. The zero-order valence-electron chi connectivity index (χ0n) is 26.2. The highest BCUT2D eigenvalue weighted by Gasteiger charge is 2.06. The van der Waals surface area contributed by atoms with Crippen LogP contribution < -0.4 is 0 Å². The summed E-state index contributed by atoms with van der Waals surface area (Å²) in [6, 6.07) is 35.9. The molecule has 0 bridgehead atoms. The van der Waals surface area contributed by atoms with Gasteiger partial charge in [0, 0.05) is 16.2 Å². The second-order valence-electron chi connectivity index (χ2n) is 6.88. The molecule has 0 N–H and O–H groups in total. The SMILES string of the molecule is CC.CC.CC.CC.CC.c1ccc(N=Nc2ccc(N=Nc3cccc4ccccc34)c3ccccc23)cc1. The molecule has 0 saturated heterocycles. The molecule has 4 nitrogen and oxygen atoms in total. The third kappa shape index (κ3) is 10.5. The Morgan fingerprint density at radius 3 is 1.20 bits per heavy atom. The van der Waals surface area contributed by atoms with E-state index in [0.29, 0.717) is 0 Å². The summed E-state index contributed by atoms with van der Waals surface area (Å²) >= 11 is 0. The van der Waals surface area contributed by atoms with Crippen molar-refractivity contribution in [2.24, 2.45) is 20.5 Å². The second-order valence-corrected chi connectivity index (χ2v) is 6.88. The summed E-state index contributed by atoms with van der Waals surface area (Å²) < 4.78 is 0. The van der Waals surface area contributed by atoms with Crippen molar-refractivity contribution in [2.45, 2.75) is 69.2 Å². The highest BCUT2D eigenvalue weighted by molar-refractivity contribution is 6.00. The predicted molar refractivity (Wildman–Crippen MR) is 179 cm³/mol. The molecule has 0 amide bonds. The van der Waals surface area contributed by atoms with Crippen LogP contribution in [0.1, 0.15) is 69.2 Å². The van der Waals surface area contributed by atoms with Crippen molar-refractivity contribution in [2.75, 3.05) is 0 Å². The lowest BCUT2D eigenvalue weighted by Gasteiger charge is -2.05. The van der Waals surface area contributed by atoms with E-state index < -0.39 is 0 Å². The van der Waals surface area contributed by atoms with Crippen LogP contribution in [0.3, 0.4) is 0 Å². The van der Waals surface area contributed by atoms with E-state index in [0.717, 1.165) is 44.3 Å². The van der Waals surface area contributed by atoms with E-state index in [1.165, 1.54) is 0 Å². The molecule has 0 heterocycles. The maximum absolute atomic E-state index is 4.57. The van der Waals surface area contributed by atoms with Gasteiger partial charge in [-0.25, -0.2) is 0 Å². The van der Waals surface area contributed by atoms with Crippen molar-refractivity contribution in [3.63, 3.8) is 0 Å². The topological polar surface area (TPSA) is 49.4 Å². The fourth-order valence-corrected chi connectivity index (χ4v) is 3.45. The maximum atomic E-state index is 4.57. The monoisotopic (exact) mass is 536 g/mol. The lowest BCUT2D eigenvalue weighted by atomic mass is 10.1. The zero-order chi connectivity index (χ0) is 30.2. The maximum Gasteiger partial charge on any atom is 0.0936 e. The van der Waals surface area contributed by atoms with E-state index in [2.05, 4.69) is 38.7 Å². The first-order chi connectivity index (χ1) is 19.9. The molecule has 5 rings (SSSR count). The quantitative estimate of drug-likeness (QED) is 0.205. The third-order valence-corrected chi connectivity index (χ3v) is 4.94. The molecule has 5 aromatic carbocycles. The minimum atomic E-state index is 0.803. The van der Waals surface area contributed by atoms with Crippen molar-refractivity contribution in [1.82, 2.24) is 0 Å². The van der Waals surface area contributed by atoms with Gasteiger partial charge in [-0.2, -0.15) is 5.11 Å². The highest BCUT2D eigenvalue weighted by atomic mass is 15.1. The first kappa shape index (κ1) is 35.8.